The van der Waals surface area contributed by atoms with E-state index in [-0.39, 0.29) is 24.3 Å². The second kappa shape index (κ2) is 7.94. The molecule has 0 radical (unpaired) electrons. The van der Waals surface area contributed by atoms with E-state index >= 15 is 0 Å². The van der Waals surface area contributed by atoms with E-state index in [9.17, 15) is 9.18 Å². The molecule has 0 spiro atoms. The number of carbonyl (C=O) groups excluding carboxylic acids is 1. The van der Waals surface area contributed by atoms with Crippen molar-refractivity contribution in [2.75, 3.05) is 11.9 Å². The molecule has 1 aromatic heterocycles. The summed E-state index contributed by atoms with van der Waals surface area (Å²) in [6, 6.07) is 18.2. The quantitative estimate of drug-likeness (QED) is 0.684. The highest BCUT2D eigenvalue weighted by Crippen LogP contribution is 2.26. The molecule has 0 saturated carbocycles. The fraction of sp³-hybridized carbons (Fsp3) is 0.150. The Bertz CT molecular complexity index is 831. The van der Waals surface area contributed by atoms with Crippen molar-refractivity contribution in [2.24, 2.45) is 0 Å². The Labute approximate surface area is 150 Å². The first kappa shape index (κ1) is 17.2. The summed E-state index contributed by atoms with van der Waals surface area (Å²) in [5.41, 5.74) is 2.51. The normalized spacial score (nSPS) is 11.8. The van der Waals surface area contributed by atoms with Gasteiger partial charge in [-0.2, -0.15) is 0 Å². The van der Waals surface area contributed by atoms with Crippen LogP contribution in [0.1, 0.15) is 22.0 Å². The standard InChI is InChI=1S/C20H19FN2OS/c1-14-8-10-15(11-9-14)20(18-7-4-12-25-18)23-19(24)13-22-17-6-3-2-5-16(17)21/h2-12,20,22H,13H2,1H3,(H,23,24)/t20-/m0/s1. The first-order chi connectivity index (χ1) is 12.1. The van der Waals surface area contributed by atoms with Gasteiger partial charge >= 0.3 is 0 Å². The predicted octanol–water partition coefficient (Wildman–Crippen LogP) is 4.51. The van der Waals surface area contributed by atoms with Crippen molar-refractivity contribution in [1.82, 2.24) is 5.32 Å². The van der Waals surface area contributed by atoms with Crippen LogP contribution in [0.15, 0.2) is 66.0 Å². The van der Waals surface area contributed by atoms with Crippen LogP contribution in [0.25, 0.3) is 0 Å². The van der Waals surface area contributed by atoms with Gasteiger partial charge in [0.2, 0.25) is 5.91 Å². The number of halogens is 1. The molecule has 128 valence electrons. The monoisotopic (exact) mass is 354 g/mol. The van der Waals surface area contributed by atoms with E-state index in [0.29, 0.717) is 5.69 Å². The third-order valence-corrected chi connectivity index (χ3v) is 4.79. The van der Waals surface area contributed by atoms with Crippen molar-refractivity contribution in [3.8, 4) is 0 Å². The van der Waals surface area contributed by atoms with Crippen LogP contribution in [0.3, 0.4) is 0 Å². The third-order valence-electron chi connectivity index (χ3n) is 3.86. The Morgan fingerprint density at radius 3 is 2.52 bits per heavy atom. The molecule has 5 heteroatoms. The summed E-state index contributed by atoms with van der Waals surface area (Å²) in [6.45, 7) is 2.04. The summed E-state index contributed by atoms with van der Waals surface area (Å²) in [6.07, 6.45) is 0. The molecule has 0 unspecified atom stereocenters. The van der Waals surface area contributed by atoms with Gasteiger partial charge in [-0.15, -0.1) is 11.3 Å². The lowest BCUT2D eigenvalue weighted by Crippen LogP contribution is -2.33. The van der Waals surface area contributed by atoms with Crippen LogP contribution in [0.4, 0.5) is 10.1 Å². The molecule has 1 atom stereocenters. The lowest BCUT2D eigenvalue weighted by Gasteiger charge is -2.19. The molecule has 0 aliphatic carbocycles. The Kier molecular flexibility index (Phi) is 5.46. The number of hydrogen-bond acceptors (Lipinski definition) is 3. The summed E-state index contributed by atoms with van der Waals surface area (Å²) in [5.74, 6) is -0.564. The number of hydrogen-bond donors (Lipinski definition) is 2. The highest BCUT2D eigenvalue weighted by Gasteiger charge is 2.17. The van der Waals surface area contributed by atoms with Crippen LogP contribution in [0.5, 0.6) is 0 Å². The van der Waals surface area contributed by atoms with Crippen LogP contribution < -0.4 is 10.6 Å². The van der Waals surface area contributed by atoms with Gasteiger partial charge in [0, 0.05) is 4.88 Å². The summed E-state index contributed by atoms with van der Waals surface area (Å²) in [7, 11) is 0. The largest absolute Gasteiger partial charge is 0.374 e. The number of aryl methyl sites for hydroxylation is 1. The van der Waals surface area contributed by atoms with Gasteiger partial charge in [0.15, 0.2) is 0 Å². The highest BCUT2D eigenvalue weighted by molar-refractivity contribution is 7.10. The maximum absolute atomic E-state index is 13.6. The molecule has 0 saturated heterocycles. The van der Waals surface area contributed by atoms with Crippen molar-refractivity contribution in [1.29, 1.82) is 0 Å². The maximum atomic E-state index is 13.6. The number of benzene rings is 2. The lowest BCUT2D eigenvalue weighted by atomic mass is 10.0. The molecule has 0 aliphatic rings. The minimum Gasteiger partial charge on any atom is -0.374 e. The maximum Gasteiger partial charge on any atom is 0.240 e. The number of nitrogens with one attached hydrogen (secondary N) is 2. The fourth-order valence-electron chi connectivity index (χ4n) is 2.53. The lowest BCUT2D eigenvalue weighted by molar-refractivity contribution is -0.119. The van der Waals surface area contributed by atoms with Gasteiger partial charge in [0.1, 0.15) is 5.82 Å². The van der Waals surface area contributed by atoms with E-state index in [2.05, 4.69) is 10.6 Å². The zero-order valence-corrected chi connectivity index (χ0v) is 14.6. The van der Waals surface area contributed by atoms with Crippen LogP contribution in [-0.4, -0.2) is 12.5 Å². The smallest absolute Gasteiger partial charge is 0.240 e. The molecule has 3 nitrogen and oxygen atoms in total. The zero-order chi connectivity index (χ0) is 17.6. The van der Waals surface area contributed by atoms with Gasteiger partial charge in [0.25, 0.3) is 0 Å². The average Bonchev–Trinajstić information content (AvgIpc) is 3.14. The van der Waals surface area contributed by atoms with E-state index in [1.54, 1.807) is 29.5 Å². The molecular weight excluding hydrogens is 335 g/mol. The second-order valence-corrected chi connectivity index (χ2v) is 6.74. The van der Waals surface area contributed by atoms with Crippen molar-refractivity contribution in [3.05, 3.63) is 87.9 Å². The molecule has 0 aliphatic heterocycles. The number of carbonyl (C=O) groups is 1. The number of anilines is 1. The Balaban J connectivity index is 1.71. The van der Waals surface area contributed by atoms with Gasteiger partial charge in [-0.1, -0.05) is 48.0 Å². The molecule has 1 heterocycles. The second-order valence-electron chi connectivity index (χ2n) is 5.76. The molecule has 3 rings (SSSR count). The van der Waals surface area contributed by atoms with Crippen molar-refractivity contribution < 1.29 is 9.18 Å². The van der Waals surface area contributed by atoms with Gasteiger partial charge in [-0.3, -0.25) is 4.79 Å². The molecule has 3 aromatic rings. The Morgan fingerprint density at radius 2 is 1.84 bits per heavy atom. The minimum absolute atomic E-state index is 0.00860. The molecule has 1 amide bonds. The molecule has 2 N–H and O–H groups in total. The van der Waals surface area contributed by atoms with Crippen molar-refractivity contribution in [2.45, 2.75) is 13.0 Å². The number of thiophene rings is 1. The van der Waals surface area contributed by atoms with E-state index in [1.807, 2.05) is 48.7 Å². The number of amides is 1. The van der Waals surface area contributed by atoms with Gasteiger partial charge in [-0.25, -0.2) is 4.39 Å². The molecule has 0 bridgehead atoms. The van der Waals surface area contributed by atoms with Gasteiger partial charge < -0.3 is 10.6 Å². The van der Waals surface area contributed by atoms with Crippen LogP contribution in [-0.2, 0) is 4.79 Å². The number of para-hydroxylation sites is 1. The van der Waals surface area contributed by atoms with Crippen LogP contribution in [0.2, 0.25) is 0 Å². The van der Waals surface area contributed by atoms with Crippen LogP contribution in [0, 0.1) is 12.7 Å². The molecule has 2 aromatic carbocycles. The highest BCUT2D eigenvalue weighted by atomic mass is 32.1. The average molecular weight is 354 g/mol. The van der Waals surface area contributed by atoms with Gasteiger partial charge in [0.05, 0.1) is 18.3 Å². The van der Waals surface area contributed by atoms with Gasteiger partial charge in [-0.05, 0) is 36.1 Å². The Hall–Kier alpha value is -2.66. The van der Waals surface area contributed by atoms with E-state index in [4.69, 9.17) is 0 Å². The minimum atomic E-state index is -0.372. The van der Waals surface area contributed by atoms with E-state index in [1.165, 1.54) is 11.6 Å². The van der Waals surface area contributed by atoms with E-state index in [0.717, 1.165) is 10.4 Å². The topological polar surface area (TPSA) is 41.1 Å². The predicted molar refractivity (Wildman–Crippen MR) is 100 cm³/mol. The molecular formula is C20H19FN2OS. The van der Waals surface area contributed by atoms with Crippen LogP contribution >= 0.6 is 11.3 Å². The zero-order valence-electron chi connectivity index (χ0n) is 13.8. The van der Waals surface area contributed by atoms with Crippen molar-refractivity contribution >= 4 is 22.9 Å². The summed E-state index contributed by atoms with van der Waals surface area (Å²) in [4.78, 5) is 13.4. The van der Waals surface area contributed by atoms with Crippen molar-refractivity contribution in [3.63, 3.8) is 0 Å². The summed E-state index contributed by atoms with van der Waals surface area (Å²) >= 11 is 1.59. The summed E-state index contributed by atoms with van der Waals surface area (Å²) < 4.78 is 13.6. The fourth-order valence-corrected chi connectivity index (χ4v) is 3.33. The van der Waals surface area contributed by atoms with E-state index < -0.39 is 0 Å². The first-order valence-corrected chi connectivity index (χ1v) is 8.89. The first-order valence-electron chi connectivity index (χ1n) is 8.01. The Morgan fingerprint density at radius 1 is 1.08 bits per heavy atom. The number of rotatable bonds is 6. The molecule has 0 fully saturated rings. The summed E-state index contributed by atoms with van der Waals surface area (Å²) in [5, 5.41) is 7.86. The molecule has 25 heavy (non-hydrogen) atoms. The SMILES string of the molecule is Cc1ccc([C@H](NC(=O)CNc2ccccc2F)c2cccs2)cc1. The third kappa shape index (κ3) is 4.45.